The second kappa shape index (κ2) is 11.3. The lowest BCUT2D eigenvalue weighted by atomic mass is 10.2. The quantitative estimate of drug-likeness (QED) is 0.665. The molecule has 0 aliphatic rings. The Bertz CT molecular complexity index is 826. The molecule has 8 heteroatoms. The third-order valence-electron chi connectivity index (χ3n) is 3.82. The van der Waals surface area contributed by atoms with Crippen LogP contribution in [0.1, 0.15) is 18.1 Å². The van der Waals surface area contributed by atoms with Crippen LogP contribution >= 0.6 is 0 Å². The first-order valence-electron chi connectivity index (χ1n) is 9.19. The predicted octanol–water partition coefficient (Wildman–Crippen LogP) is 3.14. The van der Waals surface area contributed by atoms with Crippen LogP contribution in [0, 0.1) is 0 Å². The zero-order valence-corrected chi connectivity index (χ0v) is 16.5. The van der Waals surface area contributed by atoms with Crippen molar-refractivity contribution in [1.29, 1.82) is 0 Å². The number of esters is 1. The fourth-order valence-electron chi connectivity index (χ4n) is 2.46. The van der Waals surface area contributed by atoms with Crippen LogP contribution in [-0.4, -0.2) is 43.2 Å². The SMILES string of the molecule is CCOC(=O)CNC(=O)Nc1cccc(CN(C)C(=O)OCc2ccccc2)c1. The fourth-order valence-corrected chi connectivity index (χ4v) is 2.46. The summed E-state index contributed by atoms with van der Waals surface area (Å²) in [7, 11) is 1.64. The Balaban J connectivity index is 1.82. The summed E-state index contributed by atoms with van der Waals surface area (Å²) in [6, 6.07) is 16.0. The monoisotopic (exact) mass is 399 g/mol. The van der Waals surface area contributed by atoms with Crippen LogP contribution < -0.4 is 10.6 Å². The molecule has 2 aromatic carbocycles. The van der Waals surface area contributed by atoms with Gasteiger partial charge in [-0.3, -0.25) is 4.79 Å². The van der Waals surface area contributed by atoms with Gasteiger partial charge in [0, 0.05) is 19.3 Å². The van der Waals surface area contributed by atoms with Gasteiger partial charge in [0.1, 0.15) is 13.2 Å². The average Bonchev–Trinajstić information content (AvgIpc) is 2.71. The zero-order chi connectivity index (χ0) is 21.1. The van der Waals surface area contributed by atoms with Gasteiger partial charge in [0.15, 0.2) is 0 Å². The zero-order valence-electron chi connectivity index (χ0n) is 16.5. The van der Waals surface area contributed by atoms with Gasteiger partial charge in [0.25, 0.3) is 0 Å². The van der Waals surface area contributed by atoms with Crippen LogP contribution in [0.25, 0.3) is 0 Å². The molecule has 29 heavy (non-hydrogen) atoms. The number of hydrogen-bond donors (Lipinski definition) is 2. The first-order valence-corrected chi connectivity index (χ1v) is 9.19. The van der Waals surface area contributed by atoms with Crippen LogP contribution in [0.5, 0.6) is 0 Å². The summed E-state index contributed by atoms with van der Waals surface area (Å²) in [5, 5.41) is 5.05. The smallest absolute Gasteiger partial charge is 0.410 e. The molecule has 2 N–H and O–H groups in total. The molecule has 2 rings (SSSR count). The van der Waals surface area contributed by atoms with E-state index in [0.29, 0.717) is 12.2 Å². The van der Waals surface area contributed by atoms with Crippen molar-refractivity contribution in [2.75, 3.05) is 25.5 Å². The molecule has 0 heterocycles. The Morgan fingerprint density at radius 1 is 0.966 bits per heavy atom. The molecule has 0 bridgehead atoms. The minimum atomic E-state index is -0.522. The molecule has 2 aromatic rings. The summed E-state index contributed by atoms with van der Waals surface area (Å²) in [5.74, 6) is -0.507. The second-order valence-corrected chi connectivity index (χ2v) is 6.21. The predicted molar refractivity (Wildman–Crippen MR) is 108 cm³/mol. The highest BCUT2D eigenvalue weighted by molar-refractivity contribution is 5.91. The van der Waals surface area contributed by atoms with E-state index in [1.165, 1.54) is 4.90 Å². The lowest BCUT2D eigenvalue weighted by molar-refractivity contribution is -0.141. The van der Waals surface area contributed by atoms with Gasteiger partial charge in [-0.1, -0.05) is 42.5 Å². The van der Waals surface area contributed by atoms with E-state index in [1.807, 2.05) is 36.4 Å². The van der Waals surface area contributed by atoms with Gasteiger partial charge in [-0.2, -0.15) is 0 Å². The number of hydrogen-bond acceptors (Lipinski definition) is 5. The van der Waals surface area contributed by atoms with E-state index < -0.39 is 18.1 Å². The Hall–Kier alpha value is -3.55. The Labute approximate surface area is 169 Å². The van der Waals surface area contributed by atoms with E-state index in [0.717, 1.165) is 11.1 Å². The molecule has 0 aromatic heterocycles. The molecule has 0 fully saturated rings. The van der Waals surface area contributed by atoms with Gasteiger partial charge in [-0.15, -0.1) is 0 Å². The molecular formula is C21H25N3O5. The number of benzene rings is 2. The Morgan fingerprint density at radius 3 is 2.41 bits per heavy atom. The number of amides is 3. The summed E-state index contributed by atoms with van der Waals surface area (Å²) in [6.07, 6.45) is -0.445. The van der Waals surface area contributed by atoms with Crippen molar-refractivity contribution in [1.82, 2.24) is 10.2 Å². The molecule has 3 amide bonds. The van der Waals surface area contributed by atoms with Crippen molar-refractivity contribution in [3.05, 3.63) is 65.7 Å². The molecule has 8 nitrogen and oxygen atoms in total. The number of nitrogens with one attached hydrogen (secondary N) is 2. The third-order valence-corrected chi connectivity index (χ3v) is 3.82. The minimum absolute atomic E-state index is 0.201. The van der Waals surface area contributed by atoms with Gasteiger partial charge in [-0.25, -0.2) is 9.59 Å². The van der Waals surface area contributed by atoms with Crippen molar-refractivity contribution in [3.63, 3.8) is 0 Å². The molecule has 0 spiro atoms. The highest BCUT2D eigenvalue weighted by Gasteiger charge is 2.12. The van der Waals surface area contributed by atoms with E-state index in [9.17, 15) is 14.4 Å². The van der Waals surface area contributed by atoms with Gasteiger partial charge in [-0.05, 0) is 30.2 Å². The van der Waals surface area contributed by atoms with E-state index in [-0.39, 0.29) is 19.8 Å². The topological polar surface area (TPSA) is 97.0 Å². The highest BCUT2D eigenvalue weighted by Crippen LogP contribution is 2.13. The Kier molecular flexibility index (Phi) is 8.50. The molecule has 0 aliphatic heterocycles. The van der Waals surface area contributed by atoms with Gasteiger partial charge in [0.2, 0.25) is 0 Å². The number of ether oxygens (including phenoxy) is 2. The van der Waals surface area contributed by atoms with Crippen molar-refractivity contribution in [2.45, 2.75) is 20.1 Å². The summed E-state index contributed by atoms with van der Waals surface area (Å²) < 4.78 is 10.0. The first-order chi connectivity index (χ1) is 14.0. The third kappa shape index (κ3) is 7.92. The van der Waals surface area contributed by atoms with Gasteiger partial charge < -0.3 is 25.0 Å². The van der Waals surface area contributed by atoms with Crippen LogP contribution in [0.4, 0.5) is 15.3 Å². The Morgan fingerprint density at radius 2 is 1.69 bits per heavy atom. The molecule has 0 radical (unpaired) electrons. The summed E-state index contributed by atoms with van der Waals surface area (Å²) in [5.41, 5.74) is 2.26. The summed E-state index contributed by atoms with van der Waals surface area (Å²) in [6.45, 7) is 2.25. The number of carbonyl (C=O) groups excluding carboxylic acids is 3. The number of rotatable bonds is 8. The maximum absolute atomic E-state index is 12.2. The molecule has 0 unspecified atom stereocenters. The molecule has 154 valence electrons. The van der Waals surface area contributed by atoms with Crippen molar-refractivity contribution >= 4 is 23.8 Å². The van der Waals surface area contributed by atoms with E-state index in [1.54, 1.807) is 32.2 Å². The lowest BCUT2D eigenvalue weighted by Gasteiger charge is -2.17. The number of carbonyl (C=O) groups is 3. The van der Waals surface area contributed by atoms with E-state index in [2.05, 4.69) is 10.6 Å². The maximum atomic E-state index is 12.2. The average molecular weight is 399 g/mol. The normalized spacial score (nSPS) is 10.0. The molecule has 0 saturated carbocycles. The van der Waals surface area contributed by atoms with E-state index >= 15 is 0 Å². The minimum Gasteiger partial charge on any atom is -0.465 e. The van der Waals surface area contributed by atoms with Crippen LogP contribution in [-0.2, 0) is 27.4 Å². The lowest BCUT2D eigenvalue weighted by Crippen LogP contribution is -2.34. The largest absolute Gasteiger partial charge is 0.465 e. The standard InChI is InChI=1S/C21H25N3O5/c1-3-28-19(25)13-22-20(26)23-18-11-7-10-17(12-18)14-24(2)21(27)29-15-16-8-5-4-6-9-16/h4-12H,3,13-15H2,1-2H3,(H2,22,23,26). The van der Waals surface area contributed by atoms with Crippen LogP contribution in [0.2, 0.25) is 0 Å². The molecule has 0 atom stereocenters. The van der Waals surface area contributed by atoms with Gasteiger partial charge in [0.05, 0.1) is 6.61 Å². The highest BCUT2D eigenvalue weighted by atomic mass is 16.6. The fraction of sp³-hybridized carbons (Fsp3) is 0.286. The van der Waals surface area contributed by atoms with Crippen LogP contribution in [0.15, 0.2) is 54.6 Å². The molecular weight excluding hydrogens is 374 g/mol. The van der Waals surface area contributed by atoms with Crippen molar-refractivity contribution < 1.29 is 23.9 Å². The first kappa shape index (κ1) is 21.7. The molecule has 0 aliphatic carbocycles. The number of nitrogens with zero attached hydrogens (tertiary/aromatic N) is 1. The van der Waals surface area contributed by atoms with E-state index in [4.69, 9.17) is 9.47 Å². The van der Waals surface area contributed by atoms with Gasteiger partial charge >= 0.3 is 18.1 Å². The van der Waals surface area contributed by atoms with Crippen LogP contribution in [0.3, 0.4) is 0 Å². The number of anilines is 1. The second-order valence-electron chi connectivity index (χ2n) is 6.21. The molecule has 0 saturated heterocycles. The van der Waals surface area contributed by atoms with Crippen molar-refractivity contribution in [3.8, 4) is 0 Å². The maximum Gasteiger partial charge on any atom is 0.410 e. The van der Waals surface area contributed by atoms with Crippen molar-refractivity contribution in [2.24, 2.45) is 0 Å². The summed E-state index contributed by atoms with van der Waals surface area (Å²) >= 11 is 0. The summed E-state index contributed by atoms with van der Waals surface area (Å²) in [4.78, 5) is 36.8. The number of urea groups is 1.